The van der Waals surface area contributed by atoms with Gasteiger partial charge in [0.25, 0.3) is 11.5 Å². The number of halogens is 1. The smallest absolute Gasteiger partial charge is 0.322 e. The zero-order valence-corrected chi connectivity index (χ0v) is 15.9. The molecule has 0 aliphatic carbocycles. The molecule has 0 fully saturated rings. The molecule has 2 N–H and O–H groups in total. The minimum Gasteiger partial charge on any atom is -0.322 e. The number of aromatic amines is 1. The first kappa shape index (κ1) is 19.2. The Bertz CT molecular complexity index is 1360. The lowest BCUT2D eigenvalue weighted by atomic mass is 10.2. The first-order valence-electron chi connectivity index (χ1n) is 9.20. The summed E-state index contributed by atoms with van der Waals surface area (Å²) in [6, 6.07) is 5.61. The molecule has 0 bridgehead atoms. The molecule has 0 saturated heterocycles. The van der Waals surface area contributed by atoms with Crippen LogP contribution in [0.3, 0.4) is 0 Å². The van der Waals surface area contributed by atoms with E-state index in [1.165, 1.54) is 46.1 Å². The Morgan fingerprint density at radius 1 is 1.27 bits per heavy atom. The highest BCUT2D eigenvalue weighted by molar-refractivity contribution is 6.05. The van der Waals surface area contributed by atoms with E-state index in [1.54, 1.807) is 12.3 Å². The van der Waals surface area contributed by atoms with Gasteiger partial charge in [0.2, 0.25) is 0 Å². The zero-order valence-electron chi connectivity index (χ0n) is 15.9. The van der Waals surface area contributed by atoms with Gasteiger partial charge in [0.15, 0.2) is 0 Å². The average molecular weight is 408 g/mol. The summed E-state index contributed by atoms with van der Waals surface area (Å²) < 4.78 is 17.3. The van der Waals surface area contributed by atoms with E-state index in [2.05, 4.69) is 20.3 Å². The number of nitrogens with zero attached hydrogens (tertiary/aromatic N) is 4. The number of carbonyl (C=O) groups excluding carboxylic acids is 1. The van der Waals surface area contributed by atoms with Crippen molar-refractivity contribution in [2.45, 2.75) is 19.9 Å². The van der Waals surface area contributed by atoms with Crippen LogP contribution in [0.25, 0.3) is 16.7 Å². The number of amides is 1. The van der Waals surface area contributed by atoms with Gasteiger partial charge >= 0.3 is 5.69 Å². The van der Waals surface area contributed by atoms with E-state index < -0.39 is 23.0 Å². The maximum Gasteiger partial charge on any atom is 0.329 e. The van der Waals surface area contributed by atoms with Crippen molar-refractivity contribution in [2.75, 3.05) is 5.32 Å². The molecule has 0 aliphatic heterocycles. The van der Waals surface area contributed by atoms with E-state index in [9.17, 15) is 18.8 Å². The Balaban J connectivity index is 1.64. The molecule has 9 nitrogen and oxygen atoms in total. The van der Waals surface area contributed by atoms with Gasteiger partial charge in [0.1, 0.15) is 11.5 Å². The number of pyridine rings is 1. The van der Waals surface area contributed by atoms with E-state index in [-0.39, 0.29) is 22.3 Å². The molecule has 0 atom stereocenters. The number of rotatable bonds is 5. The van der Waals surface area contributed by atoms with Gasteiger partial charge in [-0.15, -0.1) is 0 Å². The topological polar surface area (TPSA) is 115 Å². The molecule has 0 aliphatic rings. The van der Waals surface area contributed by atoms with Crippen LogP contribution < -0.4 is 16.6 Å². The number of fused-ring (bicyclic) bond motifs is 1. The van der Waals surface area contributed by atoms with Crippen LogP contribution in [-0.2, 0) is 6.54 Å². The van der Waals surface area contributed by atoms with Crippen LogP contribution in [0.1, 0.15) is 23.7 Å². The summed E-state index contributed by atoms with van der Waals surface area (Å²) in [5.41, 5.74) is -0.330. The monoisotopic (exact) mass is 408 g/mol. The Hall–Kier alpha value is -4.08. The average Bonchev–Trinajstić information content (AvgIpc) is 3.25. The van der Waals surface area contributed by atoms with Crippen molar-refractivity contribution < 1.29 is 9.18 Å². The third kappa shape index (κ3) is 3.50. The molecule has 4 rings (SSSR count). The number of benzene rings is 1. The summed E-state index contributed by atoms with van der Waals surface area (Å²) in [7, 11) is 0. The van der Waals surface area contributed by atoms with Gasteiger partial charge in [0, 0.05) is 30.8 Å². The Morgan fingerprint density at radius 2 is 2.10 bits per heavy atom. The minimum absolute atomic E-state index is 0.105. The molecular formula is C20H17FN6O3. The molecule has 1 aromatic carbocycles. The summed E-state index contributed by atoms with van der Waals surface area (Å²) in [6.07, 6.45) is 6.55. The maximum absolute atomic E-state index is 14.4. The summed E-state index contributed by atoms with van der Waals surface area (Å²) in [6.45, 7) is 2.27. The van der Waals surface area contributed by atoms with Gasteiger partial charge < -0.3 is 9.88 Å². The molecule has 10 heteroatoms. The van der Waals surface area contributed by atoms with Gasteiger partial charge in [-0.3, -0.25) is 19.1 Å². The predicted octanol–water partition coefficient (Wildman–Crippen LogP) is 2.07. The standard InChI is InChI=1S/C20H17FN6O3/c1-2-6-27-17-14(19(29)25-20(27)30)8-12(10-23-17)18(28)24-13-3-4-16(15(21)9-13)26-7-5-22-11-26/h3-5,7-11H,2,6H2,1H3,(H,24,28)(H,25,29,30). The highest BCUT2D eigenvalue weighted by atomic mass is 19.1. The predicted molar refractivity (Wildman–Crippen MR) is 108 cm³/mol. The van der Waals surface area contributed by atoms with Crippen molar-refractivity contribution in [2.24, 2.45) is 0 Å². The molecule has 1 amide bonds. The molecular weight excluding hydrogens is 391 g/mol. The van der Waals surface area contributed by atoms with Crippen molar-refractivity contribution in [1.29, 1.82) is 0 Å². The zero-order chi connectivity index (χ0) is 21.3. The Labute approximate surface area is 168 Å². The third-order valence-corrected chi connectivity index (χ3v) is 4.53. The van der Waals surface area contributed by atoms with Gasteiger partial charge in [-0.2, -0.15) is 0 Å². The summed E-state index contributed by atoms with van der Waals surface area (Å²) in [4.78, 5) is 47.0. The quantitative estimate of drug-likeness (QED) is 0.525. The normalized spacial score (nSPS) is 11.0. The number of hydrogen-bond donors (Lipinski definition) is 2. The first-order chi connectivity index (χ1) is 14.5. The third-order valence-electron chi connectivity index (χ3n) is 4.53. The number of hydrogen-bond acceptors (Lipinski definition) is 5. The number of imidazole rings is 1. The molecule has 30 heavy (non-hydrogen) atoms. The van der Waals surface area contributed by atoms with Gasteiger partial charge in [0.05, 0.1) is 23.0 Å². The molecule has 3 heterocycles. The number of aryl methyl sites for hydroxylation is 1. The highest BCUT2D eigenvalue weighted by Crippen LogP contribution is 2.19. The van der Waals surface area contributed by atoms with Crippen LogP contribution >= 0.6 is 0 Å². The summed E-state index contributed by atoms with van der Waals surface area (Å²) in [5, 5.41) is 2.70. The number of carbonyl (C=O) groups is 1. The van der Waals surface area contributed by atoms with Crippen LogP contribution in [0.5, 0.6) is 0 Å². The Kier molecular flexibility index (Phi) is 4.97. The second-order valence-electron chi connectivity index (χ2n) is 6.60. The van der Waals surface area contributed by atoms with Gasteiger partial charge in [-0.1, -0.05) is 6.92 Å². The SMILES string of the molecule is CCCn1c(=O)[nH]c(=O)c2cc(C(=O)Nc3ccc(-n4ccnc4)c(F)c3)cnc21. The van der Waals surface area contributed by atoms with Crippen LogP contribution in [0.2, 0.25) is 0 Å². The van der Waals surface area contributed by atoms with E-state index in [1.807, 2.05) is 6.92 Å². The molecule has 0 unspecified atom stereocenters. The van der Waals surface area contributed by atoms with Crippen molar-refractivity contribution in [3.8, 4) is 5.69 Å². The van der Waals surface area contributed by atoms with Crippen molar-refractivity contribution in [3.63, 3.8) is 0 Å². The number of anilines is 1. The second-order valence-corrected chi connectivity index (χ2v) is 6.60. The van der Waals surface area contributed by atoms with Gasteiger partial charge in [-0.05, 0) is 30.7 Å². The Morgan fingerprint density at radius 3 is 2.80 bits per heavy atom. The molecule has 0 saturated carbocycles. The molecule has 0 spiro atoms. The fraction of sp³-hybridized carbons (Fsp3) is 0.150. The summed E-state index contributed by atoms with van der Waals surface area (Å²) >= 11 is 0. The highest BCUT2D eigenvalue weighted by Gasteiger charge is 2.14. The van der Waals surface area contributed by atoms with Crippen molar-refractivity contribution in [1.82, 2.24) is 24.1 Å². The second kappa shape index (κ2) is 7.74. The van der Waals surface area contributed by atoms with Crippen LogP contribution in [-0.4, -0.2) is 30.0 Å². The number of H-pyrrole nitrogens is 1. The molecule has 152 valence electrons. The molecule has 4 aromatic rings. The van der Waals surface area contributed by atoms with Crippen LogP contribution in [0, 0.1) is 5.82 Å². The first-order valence-corrected chi connectivity index (χ1v) is 9.20. The lowest BCUT2D eigenvalue weighted by Crippen LogP contribution is -2.31. The van der Waals surface area contributed by atoms with E-state index in [4.69, 9.17) is 0 Å². The van der Waals surface area contributed by atoms with E-state index in [0.717, 1.165) is 0 Å². The van der Waals surface area contributed by atoms with Crippen LogP contribution in [0.15, 0.2) is 58.8 Å². The minimum atomic E-state index is -0.625. The number of nitrogens with one attached hydrogen (secondary N) is 2. The van der Waals surface area contributed by atoms with E-state index >= 15 is 0 Å². The van der Waals surface area contributed by atoms with E-state index in [0.29, 0.717) is 18.7 Å². The summed E-state index contributed by atoms with van der Waals surface area (Å²) in [5.74, 6) is -1.10. The fourth-order valence-corrected chi connectivity index (χ4v) is 3.12. The lowest BCUT2D eigenvalue weighted by Gasteiger charge is -2.10. The largest absolute Gasteiger partial charge is 0.329 e. The molecule has 0 radical (unpaired) electrons. The van der Waals surface area contributed by atoms with Crippen LogP contribution in [0.4, 0.5) is 10.1 Å². The fourth-order valence-electron chi connectivity index (χ4n) is 3.12. The van der Waals surface area contributed by atoms with Crippen molar-refractivity contribution in [3.05, 3.63) is 81.4 Å². The van der Waals surface area contributed by atoms with Gasteiger partial charge in [-0.25, -0.2) is 19.2 Å². The van der Waals surface area contributed by atoms with Crippen molar-refractivity contribution >= 4 is 22.6 Å². The maximum atomic E-state index is 14.4. The lowest BCUT2D eigenvalue weighted by molar-refractivity contribution is 0.102. The number of aromatic nitrogens is 5. The molecule has 3 aromatic heterocycles.